The zero-order valence-electron chi connectivity index (χ0n) is 12.9. The maximum Gasteiger partial charge on any atom is 0.174 e. The van der Waals surface area contributed by atoms with Gasteiger partial charge in [0.05, 0.1) is 11.0 Å². The highest BCUT2D eigenvalue weighted by molar-refractivity contribution is 5.90. The number of aromatic hydroxyl groups is 1. The molecule has 124 valence electrons. The fourth-order valence-electron chi connectivity index (χ4n) is 5.54. The molecule has 1 aromatic rings. The molecule has 2 N–H and O–H groups in total. The van der Waals surface area contributed by atoms with Gasteiger partial charge in [-0.05, 0) is 44.5 Å². The summed E-state index contributed by atoms with van der Waals surface area (Å²) in [4.78, 5) is 14.7. The van der Waals surface area contributed by atoms with Gasteiger partial charge in [0.2, 0.25) is 0 Å². The molecule has 0 radical (unpaired) electrons. The number of rotatable bonds is 0. The van der Waals surface area contributed by atoms with Crippen LogP contribution in [0.2, 0.25) is 0 Å². The minimum absolute atomic E-state index is 0. The predicted octanol–water partition coefficient (Wildman–Crippen LogP) is 1.17. The minimum atomic E-state index is -0.954. The van der Waals surface area contributed by atoms with Crippen LogP contribution < -0.4 is 4.74 Å². The van der Waals surface area contributed by atoms with E-state index in [1.807, 2.05) is 13.1 Å². The number of hydrogen-bond donors (Lipinski definition) is 2. The van der Waals surface area contributed by atoms with Crippen LogP contribution in [-0.4, -0.2) is 52.2 Å². The molecule has 2 aliphatic heterocycles. The molecule has 1 saturated heterocycles. The van der Waals surface area contributed by atoms with Crippen LogP contribution in [0.1, 0.15) is 30.4 Å². The smallest absolute Gasteiger partial charge is 0.174 e. The summed E-state index contributed by atoms with van der Waals surface area (Å²) in [6.07, 6.45) is 1.61. The largest absolute Gasteiger partial charge is 0.504 e. The topological polar surface area (TPSA) is 70.0 Å². The lowest BCUT2D eigenvalue weighted by Crippen LogP contribution is -2.76. The third-order valence-corrected chi connectivity index (χ3v) is 6.53. The van der Waals surface area contributed by atoms with Gasteiger partial charge in [0, 0.05) is 18.0 Å². The van der Waals surface area contributed by atoms with E-state index < -0.39 is 17.1 Å². The molecule has 2 bridgehead atoms. The highest BCUT2D eigenvalue weighted by atomic mass is 35.5. The zero-order chi connectivity index (χ0) is 15.3. The highest BCUT2D eigenvalue weighted by Crippen LogP contribution is 2.64. The fraction of sp³-hybridized carbons (Fsp3) is 0.588. The van der Waals surface area contributed by atoms with E-state index in [1.54, 1.807) is 6.07 Å². The number of ether oxygens (including phenoxy) is 1. The predicted molar refractivity (Wildman–Crippen MR) is 85.4 cm³/mol. The molecule has 5 nitrogen and oxygen atoms in total. The maximum atomic E-state index is 12.5. The van der Waals surface area contributed by atoms with Crippen LogP contribution in [0.4, 0.5) is 0 Å². The van der Waals surface area contributed by atoms with Gasteiger partial charge in [-0.1, -0.05) is 6.07 Å². The molecule has 1 aromatic carbocycles. The molecular weight excluding hydrogens is 318 g/mol. The minimum Gasteiger partial charge on any atom is -0.504 e. The second-order valence-corrected chi connectivity index (χ2v) is 7.26. The summed E-state index contributed by atoms with van der Waals surface area (Å²) in [5.74, 6) is 0.561. The Kier molecular flexibility index (Phi) is 2.92. The van der Waals surface area contributed by atoms with Crippen LogP contribution in [0, 0.1) is 0 Å². The number of piperidine rings is 1. The molecule has 1 spiro atoms. The first kappa shape index (κ1) is 15.2. The lowest BCUT2D eigenvalue weighted by molar-refractivity contribution is -0.185. The van der Waals surface area contributed by atoms with Gasteiger partial charge in [-0.15, -0.1) is 12.4 Å². The highest BCUT2D eigenvalue weighted by Gasteiger charge is 2.72. The zero-order valence-corrected chi connectivity index (χ0v) is 13.7. The second-order valence-electron chi connectivity index (χ2n) is 7.26. The quantitative estimate of drug-likeness (QED) is 0.743. The van der Waals surface area contributed by atoms with Crippen molar-refractivity contribution in [1.82, 2.24) is 4.90 Å². The SMILES string of the molecule is CN1CC[C@]23c4c5ccc(O)c4O[C@H]2C(=O)CCC3(O)[C@H]1C5.Cl. The number of Topliss-reactive ketones (excluding diaryl/α,β-unsaturated/α-hetero) is 1. The van der Waals surface area contributed by atoms with E-state index in [2.05, 4.69) is 4.90 Å². The van der Waals surface area contributed by atoms with Crippen LogP contribution in [-0.2, 0) is 16.6 Å². The van der Waals surface area contributed by atoms with E-state index >= 15 is 0 Å². The fourth-order valence-corrected chi connectivity index (χ4v) is 5.54. The van der Waals surface area contributed by atoms with E-state index in [9.17, 15) is 15.0 Å². The Labute approximate surface area is 140 Å². The van der Waals surface area contributed by atoms with Crippen molar-refractivity contribution < 1.29 is 19.7 Å². The summed E-state index contributed by atoms with van der Waals surface area (Å²) in [6.45, 7) is 0.828. The summed E-state index contributed by atoms with van der Waals surface area (Å²) in [5, 5.41) is 21.8. The summed E-state index contributed by atoms with van der Waals surface area (Å²) < 4.78 is 5.94. The Morgan fingerprint density at radius 1 is 1.35 bits per heavy atom. The monoisotopic (exact) mass is 337 g/mol. The lowest BCUT2D eigenvalue weighted by atomic mass is 9.49. The van der Waals surface area contributed by atoms with Gasteiger partial charge in [-0.3, -0.25) is 4.79 Å². The molecule has 2 aliphatic carbocycles. The number of aliphatic hydroxyl groups is 1. The van der Waals surface area contributed by atoms with Crippen LogP contribution in [0.25, 0.3) is 0 Å². The molecule has 2 fully saturated rings. The molecule has 4 atom stereocenters. The van der Waals surface area contributed by atoms with Crippen molar-refractivity contribution in [3.63, 3.8) is 0 Å². The standard InChI is InChI=1S/C17H19NO4.ClH/c1-18-7-6-16-13-9-2-3-10(19)14(13)22-15(16)11(20)4-5-17(16,21)12(18)8-9;/h2-3,12,15,19,21H,4-8H2,1H3;1H/t12-,15+,16+,17?;/m1./s1. The third-order valence-electron chi connectivity index (χ3n) is 6.53. The number of carbonyl (C=O) groups is 1. The van der Waals surface area contributed by atoms with E-state index in [1.165, 1.54) is 0 Å². The first-order valence-electron chi connectivity index (χ1n) is 7.96. The molecule has 1 unspecified atom stereocenters. The number of ketones is 1. The Hall–Kier alpha value is -1.30. The van der Waals surface area contributed by atoms with Crippen molar-refractivity contribution in [1.29, 1.82) is 0 Å². The average Bonchev–Trinajstić information content (AvgIpc) is 2.85. The summed E-state index contributed by atoms with van der Waals surface area (Å²) in [5.41, 5.74) is 0.370. The molecule has 0 aromatic heterocycles. The normalized spacial score (nSPS) is 40.2. The summed E-state index contributed by atoms with van der Waals surface area (Å²) in [6, 6.07) is 3.57. The van der Waals surface area contributed by atoms with Crippen molar-refractivity contribution in [2.75, 3.05) is 13.6 Å². The maximum absolute atomic E-state index is 12.5. The Balaban J connectivity index is 0.00000135. The molecule has 0 amide bonds. The molecule has 2 heterocycles. The molecular formula is C17H20ClNO4. The Morgan fingerprint density at radius 2 is 2.13 bits per heavy atom. The number of carbonyl (C=O) groups excluding carboxylic acids is 1. The Morgan fingerprint density at radius 3 is 2.91 bits per heavy atom. The van der Waals surface area contributed by atoms with Crippen LogP contribution in [0.3, 0.4) is 0 Å². The van der Waals surface area contributed by atoms with Gasteiger partial charge in [0.25, 0.3) is 0 Å². The van der Waals surface area contributed by atoms with Gasteiger partial charge in [-0.2, -0.15) is 0 Å². The van der Waals surface area contributed by atoms with Gasteiger partial charge in [-0.25, -0.2) is 0 Å². The number of nitrogens with zero attached hydrogens (tertiary/aromatic N) is 1. The van der Waals surface area contributed by atoms with Gasteiger partial charge >= 0.3 is 0 Å². The molecule has 23 heavy (non-hydrogen) atoms. The first-order valence-corrected chi connectivity index (χ1v) is 7.96. The van der Waals surface area contributed by atoms with E-state index in [-0.39, 0.29) is 30.0 Å². The number of likely N-dealkylation sites (tertiary alicyclic amines) is 1. The molecule has 6 heteroatoms. The van der Waals surface area contributed by atoms with E-state index in [0.717, 1.165) is 24.1 Å². The van der Waals surface area contributed by atoms with Crippen molar-refractivity contribution in [3.05, 3.63) is 23.3 Å². The average molecular weight is 338 g/mol. The van der Waals surface area contributed by atoms with Crippen LogP contribution in [0.15, 0.2) is 12.1 Å². The molecule has 5 rings (SSSR count). The summed E-state index contributed by atoms with van der Waals surface area (Å²) >= 11 is 0. The van der Waals surface area contributed by atoms with Crippen molar-refractivity contribution in [2.45, 2.75) is 48.8 Å². The number of likely N-dealkylation sites (N-methyl/N-ethyl adjacent to an activating group) is 1. The summed E-state index contributed by atoms with van der Waals surface area (Å²) in [7, 11) is 2.04. The van der Waals surface area contributed by atoms with Crippen molar-refractivity contribution >= 4 is 18.2 Å². The number of phenols is 1. The molecule has 1 saturated carbocycles. The van der Waals surface area contributed by atoms with Crippen molar-refractivity contribution in [2.24, 2.45) is 0 Å². The number of benzene rings is 1. The lowest BCUT2D eigenvalue weighted by Gasteiger charge is -2.61. The van der Waals surface area contributed by atoms with Crippen LogP contribution >= 0.6 is 12.4 Å². The second kappa shape index (κ2) is 4.41. The Bertz CT molecular complexity index is 723. The van der Waals surface area contributed by atoms with Gasteiger partial charge < -0.3 is 19.8 Å². The number of halogens is 1. The van der Waals surface area contributed by atoms with Crippen molar-refractivity contribution in [3.8, 4) is 11.5 Å². The van der Waals surface area contributed by atoms with Gasteiger partial charge in [0.1, 0.15) is 0 Å². The molecule has 4 aliphatic rings. The first-order chi connectivity index (χ1) is 10.5. The van der Waals surface area contributed by atoms with Gasteiger partial charge in [0.15, 0.2) is 23.4 Å². The van der Waals surface area contributed by atoms with E-state index in [4.69, 9.17) is 4.74 Å². The van der Waals surface area contributed by atoms with Crippen LogP contribution in [0.5, 0.6) is 11.5 Å². The third kappa shape index (κ3) is 1.45. The number of hydrogen-bond acceptors (Lipinski definition) is 5. The van der Waals surface area contributed by atoms with E-state index in [0.29, 0.717) is 25.0 Å². The number of phenolic OH excluding ortho intramolecular Hbond substituents is 1.